The van der Waals surface area contributed by atoms with E-state index >= 15 is 0 Å². The minimum atomic E-state index is -0.981. The number of rotatable bonds is 2. The van der Waals surface area contributed by atoms with Crippen molar-refractivity contribution in [3.63, 3.8) is 0 Å². The van der Waals surface area contributed by atoms with Crippen LogP contribution in [-0.2, 0) is 6.42 Å². The van der Waals surface area contributed by atoms with Gasteiger partial charge in [-0.3, -0.25) is 5.10 Å². The van der Waals surface area contributed by atoms with Crippen molar-refractivity contribution in [2.75, 3.05) is 6.61 Å². The number of nitrogens with one attached hydrogen (secondary N) is 1. The van der Waals surface area contributed by atoms with Gasteiger partial charge in [0.2, 0.25) is 0 Å². The number of hydrogen-bond acceptors (Lipinski definition) is 3. The summed E-state index contributed by atoms with van der Waals surface area (Å²) in [5.41, 5.74) is 2.65. The topological polar surface area (TPSA) is 75.2 Å². The molecule has 1 aliphatic rings. The van der Waals surface area contributed by atoms with Crippen molar-refractivity contribution in [3.05, 3.63) is 35.5 Å². The van der Waals surface area contributed by atoms with E-state index < -0.39 is 5.97 Å². The highest BCUT2D eigenvalue weighted by Crippen LogP contribution is 2.30. The highest BCUT2D eigenvalue weighted by molar-refractivity contribution is 5.94. The largest absolute Gasteiger partial charge is 0.493 e. The Hall–Kier alpha value is -2.30. The van der Waals surface area contributed by atoms with Gasteiger partial charge in [-0.05, 0) is 23.8 Å². The minimum absolute atomic E-state index is 0.184. The van der Waals surface area contributed by atoms with Crippen molar-refractivity contribution in [1.82, 2.24) is 10.2 Å². The van der Waals surface area contributed by atoms with Crippen LogP contribution in [0.2, 0.25) is 0 Å². The van der Waals surface area contributed by atoms with Crippen LogP contribution in [-0.4, -0.2) is 27.9 Å². The van der Waals surface area contributed by atoms with Gasteiger partial charge in [-0.2, -0.15) is 5.10 Å². The Morgan fingerprint density at radius 3 is 3.18 bits per heavy atom. The van der Waals surface area contributed by atoms with Crippen LogP contribution in [0.1, 0.15) is 15.9 Å². The molecule has 0 saturated heterocycles. The Morgan fingerprint density at radius 1 is 1.47 bits per heavy atom. The first-order valence-corrected chi connectivity index (χ1v) is 5.28. The van der Waals surface area contributed by atoms with Crippen molar-refractivity contribution in [1.29, 1.82) is 0 Å². The van der Waals surface area contributed by atoms with Gasteiger partial charge < -0.3 is 9.84 Å². The van der Waals surface area contributed by atoms with Crippen LogP contribution in [0.5, 0.6) is 5.75 Å². The number of hydrogen-bond donors (Lipinski definition) is 2. The second-order valence-corrected chi connectivity index (χ2v) is 3.88. The standard InChI is InChI=1S/C12H10N2O3/c15-12(16)9-6-13-14-11(9)8-1-2-10-7(5-8)3-4-17-10/h1-2,5-6H,3-4H2,(H,13,14)(H,15,16). The lowest BCUT2D eigenvalue weighted by Crippen LogP contribution is -1.96. The molecule has 0 spiro atoms. The van der Waals surface area contributed by atoms with Gasteiger partial charge in [0.05, 0.1) is 18.5 Å². The molecular weight excluding hydrogens is 220 g/mol. The van der Waals surface area contributed by atoms with Gasteiger partial charge in [-0.25, -0.2) is 4.79 Å². The first kappa shape index (κ1) is 9.89. The summed E-state index contributed by atoms with van der Waals surface area (Å²) in [6.07, 6.45) is 2.18. The number of nitrogens with zero attached hydrogens (tertiary/aromatic N) is 1. The number of carboxylic acid groups (broad SMARTS) is 1. The molecule has 5 nitrogen and oxygen atoms in total. The van der Waals surface area contributed by atoms with Crippen molar-refractivity contribution in [2.45, 2.75) is 6.42 Å². The minimum Gasteiger partial charge on any atom is -0.493 e. The van der Waals surface area contributed by atoms with Crippen molar-refractivity contribution >= 4 is 5.97 Å². The average molecular weight is 230 g/mol. The molecule has 0 fully saturated rings. The normalized spacial score (nSPS) is 13.2. The van der Waals surface area contributed by atoms with Gasteiger partial charge in [0.25, 0.3) is 0 Å². The van der Waals surface area contributed by atoms with E-state index in [1.165, 1.54) is 6.20 Å². The Morgan fingerprint density at radius 2 is 2.35 bits per heavy atom. The molecule has 0 bridgehead atoms. The highest BCUT2D eigenvalue weighted by atomic mass is 16.5. The number of H-pyrrole nitrogens is 1. The monoisotopic (exact) mass is 230 g/mol. The van der Waals surface area contributed by atoms with Gasteiger partial charge in [0.1, 0.15) is 11.3 Å². The summed E-state index contributed by atoms with van der Waals surface area (Å²) in [6, 6.07) is 5.65. The molecule has 5 heteroatoms. The Kier molecular flexibility index (Phi) is 2.11. The lowest BCUT2D eigenvalue weighted by Gasteiger charge is -2.03. The number of carbonyl (C=O) groups is 1. The third-order valence-electron chi connectivity index (χ3n) is 2.85. The summed E-state index contributed by atoms with van der Waals surface area (Å²) >= 11 is 0. The van der Waals surface area contributed by atoms with E-state index in [-0.39, 0.29) is 5.56 Å². The maximum absolute atomic E-state index is 11.0. The first-order valence-electron chi connectivity index (χ1n) is 5.28. The van der Waals surface area contributed by atoms with Gasteiger partial charge in [-0.1, -0.05) is 0 Å². The van der Waals surface area contributed by atoms with Crippen LogP contribution in [0, 0.1) is 0 Å². The number of aromatic amines is 1. The van der Waals surface area contributed by atoms with Crippen LogP contribution in [0.4, 0.5) is 0 Å². The third kappa shape index (κ3) is 1.56. The number of aromatic carboxylic acids is 1. The molecule has 2 heterocycles. The number of ether oxygens (including phenoxy) is 1. The predicted molar refractivity (Wildman–Crippen MR) is 60.2 cm³/mol. The second-order valence-electron chi connectivity index (χ2n) is 3.88. The van der Waals surface area contributed by atoms with E-state index in [0.29, 0.717) is 12.3 Å². The molecule has 0 unspecified atom stereocenters. The van der Waals surface area contributed by atoms with E-state index in [1.807, 2.05) is 18.2 Å². The fourth-order valence-corrected chi connectivity index (χ4v) is 2.01. The summed E-state index contributed by atoms with van der Waals surface area (Å²) in [6.45, 7) is 0.688. The SMILES string of the molecule is O=C(O)c1cn[nH]c1-c1ccc2c(c1)CCO2. The molecule has 1 aromatic heterocycles. The lowest BCUT2D eigenvalue weighted by molar-refractivity contribution is 0.0698. The van der Waals surface area contributed by atoms with Crippen LogP contribution in [0.15, 0.2) is 24.4 Å². The molecular formula is C12H10N2O3. The number of fused-ring (bicyclic) bond motifs is 1. The number of carboxylic acids is 1. The molecule has 0 atom stereocenters. The molecule has 0 saturated carbocycles. The quantitative estimate of drug-likeness (QED) is 0.823. The van der Waals surface area contributed by atoms with Gasteiger partial charge in [0.15, 0.2) is 0 Å². The van der Waals surface area contributed by atoms with E-state index in [4.69, 9.17) is 9.84 Å². The van der Waals surface area contributed by atoms with Gasteiger partial charge >= 0.3 is 5.97 Å². The summed E-state index contributed by atoms with van der Waals surface area (Å²) < 4.78 is 5.41. The summed E-state index contributed by atoms with van der Waals surface area (Å²) in [5, 5.41) is 15.5. The number of aromatic nitrogens is 2. The van der Waals surface area contributed by atoms with Crippen molar-refractivity contribution in [3.8, 4) is 17.0 Å². The van der Waals surface area contributed by atoms with E-state index in [2.05, 4.69) is 10.2 Å². The fourth-order valence-electron chi connectivity index (χ4n) is 2.01. The third-order valence-corrected chi connectivity index (χ3v) is 2.85. The van der Waals surface area contributed by atoms with Crippen LogP contribution < -0.4 is 4.74 Å². The Bertz CT molecular complexity index is 589. The van der Waals surface area contributed by atoms with E-state index in [0.717, 1.165) is 23.3 Å². The molecule has 3 rings (SSSR count). The predicted octanol–water partition coefficient (Wildman–Crippen LogP) is 1.71. The maximum atomic E-state index is 11.0. The van der Waals surface area contributed by atoms with Crippen LogP contribution in [0.25, 0.3) is 11.3 Å². The summed E-state index contributed by atoms with van der Waals surface area (Å²) in [5.74, 6) is -0.101. The van der Waals surface area contributed by atoms with Crippen LogP contribution >= 0.6 is 0 Å². The van der Waals surface area contributed by atoms with Crippen LogP contribution in [0.3, 0.4) is 0 Å². The second kappa shape index (κ2) is 3.62. The molecule has 0 amide bonds. The van der Waals surface area contributed by atoms with Gasteiger partial charge in [-0.15, -0.1) is 0 Å². The molecule has 1 aliphatic heterocycles. The molecule has 2 N–H and O–H groups in total. The van der Waals surface area contributed by atoms with E-state index in [9.17, 15) is 4.79 Å². The van der Waals surface area contributed by atoms with Gasteiger partial charge in [0, 0.05) is 12.0 Å². The molecule has 17 heavy (non-hydrogen) atoms. The van der Waals surface area contributed by atoms with E-state index in [1.54, 1.807) is 0 Å². The van der Waals surface area contributed by atoms with Crippen molar-refractivity contribution in [2.24, 2.45) is 0 Å². The smallest absolute Gasteiger partial charge is 0.339 e. The summed E-state index contributed by atoms with van der Waals surface area (Å²) in [4.78, 5) is 11.0. The number of benzene rings is 1. The zero-order chi connectivity index (χ0) is 11.8. The average Bonchev–Trinajstić information content (AvgIpc) is 2.96. The highest BCUT2D eigenvalue weighted by Gasteiger charge is 2.17. The maximum Gasteiger partial charge on any atom is 0.339 e. The summed E-state index contributed by atoms with van der Waals surface area (Å²) in [7, 11) is 0. The molecule has 86 valence electrons. The molecule has 0 radical (unpaired) electrons. The molecule has 1 aromatic carbocycles. The zero-order valence-corrected chi connectivity index (χ0v) is 8.93. The Balaban J connectivity index is 2.09. The fraction of sp³-hybridized carbons (Fsp3) is 0.167. The Labute approximate surface area is 97.0 Å². The molecule has 2 aromatic rings. The lowest BCUT2D eigenvalue weighted by atomic mass is 10.0. The molecule has 0 aliphatic carbocycles. The van der Waals surface area contributed by atoms with Crippen molar-refractivity contribution < 1.29 is 14.6 Å². The zero-order valence-electron chi connectivity index (χ0n) is 8.93. The first-order chi connectivity index (χ1) is 8.25.